The number of hydrogen-bond acceptors (Lipinski definition) is 4. The zero-order valence-electron chi connectivity index (χ0n) is 35.4. The molecule has 0 radical (unpaired) electrons. The van der Waals surface area contributed by atoms with Gasteiger partial charge in [0.1, 0.15) is 11.6 Å². The first kappa shape index (κ1) is 40.6. The van der Waals surface area contributed by atoms with Gasteiger partial charge in [0.25, 0.3) is 0 Å². The lowest BCUT2D eigenvalue weighted by atomic mass is 9.90. The van der Waals surface area contributed by atoms with Crippen molar-refractivity contribution in [2.24, 2.45) is 0 Å². The molecule has 0 amide bonds. The summed E-state index contributed by atoms with van der Waals surface area (Å²) in [4.78, 5) is 14.5. The van der Waals surface area contributed by atoms with E-state index in [4.69, 9.17) is 15.0 Å². The van der Waals surface area contributed by atoms with Crippen molar-refractivity contribution in [3.63, 3.8) is 0 Å². The Bertz CT molecular complexity index is 3500. The van der Waals surface area contributed by atoms with Gasteiger partial charge in [-0.05, 0) is 110 Å². The molecule has 0 N–H and O–H groups in total. The average molecular weight is 874 g/mol. The van der Waals surface area contributed by atoms with Crippen molar-refractivity contribution in [1.82, 2.24) is 15.0 Å². The van der Waals surface area contributed by atoms with Crippen LogP contribution in [-0.2, 0) is 4.57 Å². The first-order chi connectivity index (χ1) is 32.4. The Balaban J connectivity index is 0.936. The van der Waals surface area contributed by atoms with Crippen LogP contribution >= 0.6 is 7.14 Å². The van der Waals surface area contributed by atoms with Gasteiger partial charge in [0.2, 0.25) is 0 Å². The first-order valence-corrected chi connectivity index (χ1v) is 23.4. The number of benzene rings is 10. The van der Waals surface area contributed by atoms with E-state index in [-0.39, 0.29) is 11.6 Å². The number of rotatable bonds is 9. The third kappa shape index (κ3) is 7.47. The Morgan fingerprint density at radius 1 is 0.273 bits per heavy atom. The van der Waals surface area contributed by atoms with E-state index in [0.717, 1.165) is 76.4 Å². The van der Waals surface area contributed by atoms with E-state index >= 15 is 4.57 Å². The molecule has 10 aromatic carbocycles. The second-order valence-corrected chi connectivity index (χ2v) is 18.9. The molecule has 0 aliphatic carbocycles. The minimum Gasteiger partial charge on any atom is -0.309 e. The maximum Gasteiger partial charge on any atom is 0.171 e. The minimum absolute atomic E-state index is 0.358. The Labute approximate surface area is 381 Å². The van der Waals surface area contributed by atoms with Crippen LogP contribution in [0.15, 0.2) is 231 Å². The van der Waals surface area contributed by atoms with Gasteiger partial charge in [0, 0.05) is 32.6 Å². The van der Waals surface area contributed by atoms with Gasteiger partial charge in [-0.25, -0.2) is 23.7 Å². The number of nitrogens with zero attached hydrogens (tertiary/aromatic N) is 3. The lowest BCUT2D eigenvalue weighted by Crippen LogP contribution is -2.24. The van der Waals surface area contributed by atoms with Crippen LogP contribution in [-0.4, -0.2) is 15.0 Å². The highest BCUT2D eigenvalue weighted by Crippen LogP contribution is 2.44. The molecule has 0 unspecified atom stereocenters. The van der Waals surface area contributed by atoms with Gasteiger partial charge < -0.3 is 4.57 Å². The Morgan fingerprint density at radius 3 is 0.955 bits per heavy atom. The fourth-order valence-corrected chi connectivity index (χ4v) is 11.6. The van der Waals surface area contributed by atoms with Crippen LogP contribution in [0.3, 0.4) is 0 Å². The average Bonchev–Trinajstić information content (AvgIpc) is 3.38. The van der Waals surface area contributed by atoms with E-state index < -0.39 is 7.14 Å². The fraction of sp³-hybridized carbons (Fsp3) is 0. The highest BCUT2D eigenvalue weighted by molar-refractivity contribution is 7.85. The number of fused-ring (bicyclic) bond motifs is 2. The molecule has 0 aliphatic heterocycles. The topological polar surface area (TPSA) is 55.7 Å². The zero-order valence-corrected chi connectivity index (χ0v) is 36.3. The monoisotopic (exact) mass is 873 g/mol. The van der Waals surface area contributed by atoms with Crippen molar-refractivity contribution in [3.05, 3.63) is 242 Å². The second-order valence-electron chi connectivity index (χ2n) is 16.1. The van der Waals surface area contributed by atoms with Gasteiger partial charge in [0.05, 0.1) is 0 Å². The normalized spacial score (nSPS) is 11.5. The molecule has 0 spiro atoms. The van der Waals surface area contributed by atoms with Crippen LogP contribution in [0, 0.1) is 11.6 Å². The quantitative estimate of drug-likeness (QED) is 0.136. The zero-order chi connectivity index (χ0) is 44.6. The van der Waals surface area contributed by atoms with Crippen LogP contribution in [0.2, 0.25) is 0 Å². The molecule has 11 aromatic rings. The summed E-state index contributed by atoms with van der Waals surface area (Å²) in [6.45, 7) is 0. The predicted octanol–water partition coefficient (Wildman–Crippen LogP) is 14.1. The van der Waals surface area contributed by atoms with Crippen LogP contribution in [0.5, 0.6) is 0 Å². The van der Waals surface area contributed by atoms with E-state index in [2.05, 4.69) is 91.0 Å². The summed E-state index contributed by atoms with van der Waals surface area (Å²) in [6.07, 6.45) is 0. The minimum atomic E-state index is -3.10. The molecule has 7 heteroatoms. The molecule has 0 saturated carbocycles. The van der Waals surface area contributed by atoms with Crippen molar-refractivity contribution >= 4 is 44.6 Å². The fourth-order valence-electron chi connectivity index (χ4n) is 8.90. The molecule has 4 nitrogen and oxygen atoms in total. The molecule has 0 saturated heterocycles. The van der Waals surface area contributed by atoms with Crippen LogP contribution in [0.4, 0.5) is 8.78 Å². The van der Waals surface area contributed by atoms with Crippen LogP contribution in [0.25, 0.3) is 89.1 Å². The van der Waals surface area contributed by atoms with E-state index in [9.17, 15) is 8.78 Å². The predicted molar refractivity (Wildman–Crippen MR) is 267 cm³/mol. The maximum atomic E-state index is 15.0. The number of hydrogen-bond donors (Lipinski definition) is 0. The Hall–Kier alpha value is -8.18. The summed E-state index contributed by atoms with van der Waals surface area (Å²) in [5, 5.41) is 6.67. The summed E-state index contributed by atoms with van der Waals surface area (Å²) in [5.74, 6) is 0.506. The lowest BCUT2D eigenvalue weighted by Gasteiger charge is -2.20. The molecule has 1 heterocycles. The van der Waals surface area contributed by atoms with Crippen molar-refractivity contribution in [1.29, 1.82) is 0 Å². The summed E-state index contributed by atoms with van der Waals surface area (Å²) in [6, 6.07) is 73.7. The lowest BCUT2D eigenvalue weighted by molar-refractivity contribution is 0.592. The summed E-state index contributed by atoms with van der Waals surface area (Å²) in [5.41, 5.74) is 8.56. The van der Waals surface area contributed by atoms with E-state index in [1.807, 2.05) is 91.0 Å². The third-order valence-electron chi connectivity index (χ3n) is 12.2. The van der Waals surface area contributed by atoms with Crippen molar-refractivity contribution in [3.8, 4) is 67.5 Å². The summed E-state index contributed by atoms with van der Waals surface area (Å²) < 4.78 is 42.9. The molecule has 314 valence electrons. The largest absolute Gasteiger partial charge is 0.309 e. The third-order valence-corrected chi connectivity index (χ3v) is 15.3. The van der Waals surface area contributed by atoms with Gasteiger partial charge in [0.15, 0.2) is 24.6 Å². The summed E-state index contributed by atoms with van der Waals surface area (Å²) >= 11 is 0. The standard InChI is InChI=1S/C59H38F2N3OP/c60-44-29-23-42(24-30-44)57-62-58(43-25-31-45(61)32-26-43)64-59(63-57)56-38-37-51(54-17-9-10-18-55(54)56)40-21-19-39(20-22-40)49-35-36-50(53-16-8-7-15-52(49)53)41-27-33-48(34-28-41)66(65,46-11-3-1-4-12-46)47-13-5-2-6-14-47/h1-38H. The molecule has 0 atom stereocenters. The van der Waals surface area contributed by atoms with Crippen LogP contribution < -0.4 is 15.9 Å². The van der Waals surface area contributed by atoms with Crippen LogP contribution in [0.1, 0.15) is 0 Å². The molecule has 1 aromatic heterocycles. The number of aromatic nitrogens is 3. The SMILES string of the molecule is O=P(c1ccccc1)(c1ccccc1)c1ccc(-c2ccc(-c3ccc(-c4ccc(-c5nc(-c6ccc(F)cc6)nc(-c6ccc(F)cc6)n5)c5ccccc45)cc3)c3ccccc23)cc1. The van der Waals surface area contributed by atoms with E-state index in [1.54, 1.807) is 24.3 Å². The molecule has 0 fully saturated rings. The molecule has 66 heavy (non-hydrogen) atoms. The van der Waals surface area contributed by atoms with Gasteiger partial charge in [-0.2, -0.15) is 0 Å². The van der Waals surface area contributed by atoms with Gasteiger partial charge >= 0.3 is 0 Å². The first-order valence-electron chi connectivity index (χ1n) is 21.7. The smallest absolute Gasteiger partial charge is 0.171 e. The highest BCUT2D eigenvalue weighted by Gasteiger charge is 2.29. The molecular weight excluding hydrogens is 836 g/mol. The molecular formula is C59H38F2N3OP. The van der Waals surface area contributed by atoms with E-state index in [0.29, 0.717) is 28.6 Å². The van der Waals surface area contributed by atoms with Gasteiger partial charge in [-0.1, -0.05) is 176 Å². The highest BCUT2D eigenvalue weighted by atomic mass is 31.2. The van der Waals surface area contributed by atoms with Gasteiger partial charge in [-0.15, -0.1) is 0 Å². The van der Waals surface area contributed by atoms with Crippen molar-refractivity contribution in [2.45, 2.75) is 0 Å². The second kappa shape index (κ2) is 17.1. The van der Waals surface area contributed by atoms with Crippen molar-refractivity contribution in [2.75, 3.05) is 0 Å². The van der Waals surface area contributed by atoms with Crippen molar-refractivity contribution < 1.29 is 13.3 Å². The molecule has 11 rings (SSSR count). The Kier molecular flexibility index (Phi) is 10.5. The molecule has 0 bridgehead atoms. The number of halogens is 2. The maximum absolute atomic E-state index is 15.0. The summed E-state index contributed by atoms with van der Waals surface area (Å²) in [7, 11) is -3.10. The Morgan fingerprint density at radius 2 is 0.561 bits per heavy atom. The van der Waals surface area contributed by atoms with E-state index in [1.165, 1.54) is 24.3 Å². The van der Waals surface area contributed by atoms with Gasteiger partial charge in [-0.3, -0.25) is 0 Å². The molecule has 0 aliphatic rings.